The van der Waals surface area contributed by atoms with Crippen molar-refractivity contribution in [3.8, 4) is 5.75 Å². The van der Waals surface area contributed by atoms with E-state index in [-0.39, 0.29) is 6.04 Å². The normalized spacial score (nSPS) is 14.4. The van der Waals surface area contributed by atoms with Crippen molar-refractivity contribution in [3.05, 3.63) is 57.6 Å². The van der Waals surface area contributed by atoms with E-state index in [1.54, 1.807) is 6.07 Å². The minimum absolute atomic E-state index is 0.217. The van der Waals surface area contributed by atoms with Crippen molar-refractivity contribution in [2.75, 3.05) is 11.9 Å². The molecule has 0 aliphatic carbocycles. The molecule has 0 saturated heterocycles. The molecule has 21 heavy (non-hydrogen) atoms. The average Bonchev–Trinajstić information content (AvgIpc) is 2.94. The van der Waals surface area contributed by atoms with E-state index >= 15 is 0 Å². The van der Waals surface area contributed by atoms with Gasteiger partial charge in [-0.1, -0.05) is 36.2 Å². The standard InChI is InChI=1S/C17H17Cl2NO/c1-2-15(20-16-5-4-13(18)10-14(16)19)11-3-6-17-12(9-11)7-8-21-17/h3-6,9-10,15,20H,2,7-8H2,1H3. The molecule has 4 heteroatoms. The molecule has 1 aliphatic heterocycles. The van der Waals surface area contributed by atoms with Crippen molar-refractivity contribution in [1.29, 1.82) is 0 Å². The number of hydrogen-bond donors (Lipinski definition) is 1. The zero-order chi connectivity index (χ0) is 14.8. The van der Waals surface area contributed by atoms with Gasteiger partial charge in [-0.2, -0.15) is 0 Å². The Morgan fingerprint density at radius 2 is 2.05 bits per heavy atom. The van der Waals surface area contributed by atoms with Crippen LogP contribution in [0.25, 0.3) is 0 Å². The Balaban J connectivity index is 1.85. The first-order valence-electron chi connectivity index (χ1n) is 7.14. The zero-order valence-electron chi connectivity index (χ0n) is 11.8. The fourth-order valence-corrected chi connectivity index (χ4v) is 3.10. The van der Waals surface area contributed by atoms with Gasteiger partial charge in [-0.05, 0) is 47.9 Å². The molecule has 0 aromatic heterocycles. The van der Waals surface area contributed by atoms with Crippen LogP contribution in [0.3, 0.4) is 0 Å². The van der Waals surface area contributed by atoms with Crippen molar-refractivity contribution in [2.45, 2.75) is 25.8 Å². The summed E-state index contributed by atoms with van der Waals surface area (Å²) in [5.74, 6) is 1.01. The van der Waals surface area contributed by atoms with E-state index in [1.165, 1.54) is 11.1 Å². The molecule has 1 aliphatic rings. The summed E-state index contributed by atoms with van der Waals surface area (Å²) in [6.07, 6.45) is 1.96. The summed E-state index contributed by atoms with van der Waals surface area (Å²) < 4.78 is 5.56. The molecule has 1 unspecified atom stereocenters. The summed E-state index contributed by atoms with van der Waals surface area (Å²) >= 11 is 12.2. The second-order valence-corrected chi connectivity index (χ2v) is 6.04. The molecular formula is C17H17Cl2NO. The van der Waals surface area contributed by atoms with Gasteiger partial charge in [-0.15, -0.1) is 0 Å². The second-order valence-electron chi connectivity index (χ2n) is 5.19. The van der Waals surface area contributed by atoms with Gasteiger partial charge in [0.05, 0.1) is 23.4 Å². The number of halogens is 2. The molecule has 2 aromatic rings. The zero-order valence-corrected chi connectivity index (χ0v) is 13.3. The molecule has 0 bridgehead atoms. The summed E-state index contributed by atoms with van der Waals surface area (Å²) in [4.78, 5) is 0. The lowest BCUT2D eigenvalue weighted by atomic mass is 10.0. The Morgan fingerprint density at radius 1 is 1.19 bits per heavy atom. The minimum Gasteiger partial charge on any atom is -0.493 e. The average molecular weight is 322 g/mol. The van der Waals surface area contributed by atoms with Gasteiger partial charge in [0.25, 0.3) is 0 Å². The third-order valence-electron chi connectivity index (χ3n) is 3.78. The maximum absolute atomic E-state index is 6.24. The molecule has 0 spiro atoms. The van der Waals surface area contributed by atoms with Crippen LogP contribution in [-0.4, -0.2) is 6.61 Å². The van der Waals surface area contributed by atoms with Gasteiger partial charge < -0.3 is 10.1 Å². The second kappa shape index (κ2) is 6.17. The number of hydrogen-bond acceptors (Lipinski definition) is 2. The number of ether oxygens (including phenoxy) is 1. The summed E-state index contributed by atoms with van der Waals surface area (Å²) in [5, 5.41) is 4.79. The summed E-state index contributed by atoms with van der Waals surface area (Å²) in [6.45, 7) is 2.94. The lowest BCUT2D eigenvalue weighted by Crippen LogP contribution is -2.10. The number of anilines is 1. The predicted octanol–water partition coefficient (Wildman–Crippen LogP) is 5.49. The first-order valence-corrected chi connectivity index (χ1v) is 7.90. The van der Waals surface area contributed by atoms with Crippen LogP contribution in [0.4, 0.5) is 5.69 Å². The lowest BCUT2D eigenvalue weighted by molar-refractivity contribution is 0.357. The molecule has 0 amide bonds. The van der Waals surface area contributed by atoms with Crippen LogP contribution >= 0.6 is 23.2 Å². The van der Waals surface area contributed by atoms with Gasteiger partial charge in [0, 0.05) is 11.4 Å². The summed E-state index contributed by atoms with van der Waals surface area (Å²) in [6, 6.07) is 12.2. The van der Waals surface area contributed by atoms with Gasteiger partial charge in [-0.3, -0.25) is 0 Å². The van der Waals surface area contributed by atoms with E-state index in [4.69, 9.17) is 27.9 Å². The molecule has 1 atom stereocenters. The van der Waals surface area contributed by atoms with Crippen molar-refractivity contribution in [2.24, 2.45) is 0 Å². The first kappa shape index (κ1) is 14.6. The third kappa shape index (κ3) is 3.12. The van der Waals surface area contributed by atoms with Crippen LogP contribution in [-0.2, 0) is 6.42 Å². The lowest BCUT2D eigenvalue weighted by Gasteiger charge is -2.20. The van der Waals surface area contributed by atoms with Crippen LogP contribution in [0, 0.1) is 0 Å². The predicted molar refractivity (Wildman–Crippen MR) is 88.8 cm³/mol. The molecule has 0 fully saturated rings. The maximum Gasteiger partial charge on any atom is 0.122 e. The molecule has 1 heterocycles. The van der Waals surface area contributed by atoms with Crippen LogP contribution in [0.2, 0.25) is 10.0 Å². The highest BCUT2D eigenvalue weighted by Crippen LogP contribution is 2.33. The quantitative estimate of drug-likeness (QED) is 0.803. The van der Waals surface area contributed by atoms with Crippen LogP contribution in [0.15, 0.2) is 36.4 Å². The van der Waals surface area contributed by atoms with Gasteiger partial charge in [0.2, 0.25) is 0 Å². The summed E-state index contributed by atoms with van der Waals surface area (Å²) in [7, 11) is 0. The minimum atomic E-state index is 0.217. The SMILES string of the molecule is CCC(Nc1ccc(Cl)cc1Cl)c1ccc2c(c1)CCO2. The van der Waals surface area contributed by atoms with E-state index in [9.17, 15) is 0 Å². The number of rotatable bonds is 4. The van der Waals surface area contributed by atoms with Crippen LogP contribution in [0.1, 0.15) is 30.5 Å². The van der Waals surface area contributed by atoms with Crippen molar-refractivity contribution >= 4 is 28.9 Å². The highest BCUT2D eigenvalue weighted by molar-refractivity contribution is 6.36. The molecule has 1 N–H and O–H groups in total. The van der Waals surface area contributed by atoms with Crippen molar-refractivity contribution < 1.29 is 4.74 Å². The number of fused-ring (bicyclic) bond motifs is 1. The molecular weight excluding hydrogens is 305 g/mol. The fraction of sp³-hybridized carbons (Fsp3) is 0.294. The first-order chi connectivity index (χ1) is 10.2. The Morgan fingerprint density at radius 3 is 2.81 bits per heavy atom. The largest absolute Gasteiger partial charge is 0.493 e. The van der Waals surface area contributed by atoms with E-state index < -0.39 is 0 Å². The van der Waals surface area contributed by atoms with Gasteiger partial charge in [0.15, 0.2) is 0 Å². The Hall–Kier alpha value is -1.38. The van der Waals surface area contributed by atoms with E-state index in [1.807, 2.05) is 12.1 Å². The fourth-order valence-electron chi connectivity index (χ4n) is 2.64. The highest BCUT2D eigenvalue weighted by Gasteiger charge is 2.16. The van der Waals surface area contributed by atoms with Crippen molar-refractivity contribution in [1.82, 2.24) is 0 Å². The summed E-state index contributed by atoms with van der Waals surface area (Å²) in [5.41, 5.74) is 3.45. The molecule has 2 nitrogen and oxygen atoms in total. The Bertz CT molecular complexity index is 657. The number of nitrogens with one attached hydrogen (secondary N) is 1. The van der Waals surface area contributed by atoms with Gasteiger partial charge in [0.1, 0.15) is 5.75 Å². The molecule has 0 radical (unpaired) electrons. The maximum atomic E-state index is 6.24. The van der Waals surface area contributed by atoms with Gasteiger partial charge in [-0.25, -0.2) is 0 Å². The molecule has 0 saturated carbocycles. The monoisotopic (exact) mass is 321 g/mol. The van der Waals surface area contributed by atoms with E-state index in [0.717, 1.165) is 30.9 Å². The van der Waals surface area contributed by atoms with Crippen LogP contribution < -0.4 is 10.1 Å². The highest BCUT2D eigenvalue weighted by atomic mass is 35.5. The van der Waals surface area contributed by atoms with Gasteiger partial charge >= 0.3 is 0 Å². The Kier molecular flexibility index (Phi) is 4.27. The molecule has 2 aromatic carbocycles. The number of benzene rings is 2. The topological polar surface area (TPSA) is 21.3 Å². The smallest absolute Gasteiger partial charge is 0.122 e. The van der Waals surface area contributed by atoms with Crippen molar-refractivity contribution in [3.63, 3.8) is 0 Å². The molecule has 3 rings (SSSR count). The van der Waals surface area contributed by atoms with E-state index in [0.29, 0.717) is 10.0 Å². The van der Waals surface area contributed by atoms with Crippen LogP contribution in [0.5, 0.6) is 5.75 Å². The Labute approximate surface area is 135 Å². The van der Waals surface area contributed by atoms with E-state index in [2.05, 4.69) is 30.4 Å². The third-order valence-corrected chi connectivity index (χ3v) is 4.33. The molecule has 110 valence electrons.